The zero-order valence-corrected chi connectivity index (χ0v) is 11.3. The summed E-state index contributed by atoms with van der Waals surface area (Å²) in [7, 11) is 1.68. The second-order valence-corrected chi connectivity index (χ2v) is 3.96. The van der Waals surface area contributed by atoms with Crippen LogP contribution in [0.15, 0.2) is 0 Å². The van der Waals surface area contributed by atoms with Crippen LogP contribution < -0.4 is 15.8 Å². The number of aromatic nitrogens is 2. The molecule has 0 amide bonds. The molecule has 0 spiro atoms. The van der Waals surface area contributed by atoms with E-state index in [1.54, 1.807) is 7.11 Å². The van der Waals surface area contributed by atoms with Gasteiger partial charge in [0.2, 0.25) is 5.88 Å². The molecule has 0 aromatic carbocycles. The number of hydrogen-bond donors (Lipinski definition) is 2. The molecule has 1 heterocycles. The van der Waals surface area contributed by atoms with Crippen LogP contribution in [0.4, 0.5) is 11.5 Å². The number of nitrogens with zero attached hydrogens (tertiary/aromatic N) is 2. The van der Waals surface area contributed by atoms with Crippen LogP contribution in [0.5, 0.6) is 5.88 Å². The van der Waals surface area contributed by atoms with Gasteiger partial charge in [-0.25, -0.2) is 4.98 Å². The van der Waals surface area contributed by atoms with Gasteiger partial charge in [0.1, 0.15) is 11.5 Å². The van der Waals surface area contributed by atoms with Crippen LogP contribution in [-0.2, 0) is 4.74 Å². The van der Waals surface area contributed by atoms with E-state index < -0.39 is 0 Å². The monoisotopic (exact) mass is 254 g/mol. The Bertz CT molecular complexity index is 371. The highest BCUT2D eigenvalue weighted by Gasteiger charge is 2.10. The van der Waals surface area contributed by atoms with Crippen LogP contribution in [-0.4, -0.2) is 36.8 Å². The molecule has 0 saturated heterocycles. The summed E-state index contributed by atoms with van der Waals surface area (Å²) in [5.41, 5.74) is 6.43. The van der Waals surface area contributed by atoms with Crippen molar-refractivity contribution in [2.75, 3.05) is 37.9 Å². The number of nitrogens with one attached hydrogen (secondary N) is 1. The molecular weight excluding hydrogens is 232 g/mol. The van der Waals surface area contributed by atoms with E-state index in [1.807, 2.05) is 13.8 Å². The molecule has 0 aliphatic carbocycles. The largest absolute Gasteiger partial charge is 0.476 e. The van der Waals surface area contributed by atoms with Gasteiger partial charge in [-0.2, -0.15) is 4.98 Å². The van der Waals surface area contributed by atoms with Gasteiger partial charge in [0.15, 0.2) is 5.82 Å². The van der Waals surface area contributed by atoms with Crippen molar-refractivity contribution in [3.8, 4) is 5.88 Å². The van der Waals surface area contributed by atoms with Crippen molar-refractivity contribution < 1.29 is 9.47 Å². The maximum Gasteiger partial charge on any atom is 0.242 e. The molecule has 0 unspecified atom stereocenters. The summed E-state index contributed by atoms with van der Waals surface area (Å²) in [5.74, 6) is 1.73. The van der Waals surface area contributed by atoms with Gasteiger partial charge in [-0.15, -0.1) is 0 Å². The van der Waals surface area contributed by atoms with Crippen molar-refractivity contribution in [1.82, 2.24) is 9.97 Å². The van der Waals surface area contributed by atoms with Gasteiger partial charge < -0.3 is 20.5 Å². The molecule has 1 rings (SSSR count). The molecule has 18 heavy (non-hydrogen) atoms. The van der Waals surface area contributed by atoms with Crippen molar-refractivity contribution in [2.45, 2.75) is 26.7 Å². The molecule has 1 aromatic heterocycles. The smallest absolute Gasteiger partial charge is 0.242 e. The summed E-state index contributed by atoms with van der Waals surface area (Å²) in [4.78, 5) is 8.46. The number of anilines is 2. The van der Waals surface area contributed by atoms with E-state index in [9.17, 15) is 0 Å². The zero-order valence-electron chi connectivity index (χ0n) is 11.3. The lowest BCUT2D eigenvalue weighted by atomic mass is 10.4. The van der Waals surface area contributed by atoms with Gasteiger partial charge in [-0.1, -0.05) is 6.92 Å². The summed E-state index contributed by atoms with van der Waals surface area (Å²) >= 11 is 0. The maximum atomic E-state index is 5.96. The van der Waals surface area contributed by atoms with Gasteiger partial charge in [0.25, 0.3) is 0 Å². The molecule has 0 radical (unpaired) electrons. The average molecular weight is 254 g/mol. The number of nitrogens with two attached hydrogens (primary N) is 1. The van der Waals surface area contributed by atoms with E-state index in [0.717, 1.165) is 19.4 Å². The van der Waals surface area contributed by atoms with Crippen molar-refractivity contribution in [2.24, 2.45) is 0 Å². The summed E-state index contributed by atoms with van der Waals surface area (Å²) in [6.45, 7) is 5.91. The first kappa shape index (κ1) is 14.5. The van der Waals surface area contributed by atoms with Gasteiger partial charge in [0.05, 0.1) is 6.61 Å². The van der Waals surface area contributed by atoms with Crippen molar-refractivity contribution >= 4 is 11.5 Å². The van der Waals surface area contributed by atoms with Gasteiger partial charge in [-0.3, -0.25) is 0 Å². The molecule has 0 bridgehead atoms. The quantitative estimate of drug-likeness (QED) is 0.686. The molecule has 6 nitrogen and oxygen atoms in total. The van der Waals surface area contributed by atoms with Crippen LogP contribution >= 0.6 is 0 Å². The Morgan fingerprint density at radius 2 is 2.06 bits per heavy atom. The molecule has 1 aromatic rings. The standard InChI is InChI=1S/C12H22N4O2/c1-4-7-18-12-10(13)11(15-9(2)16-12)14-6-5-8-17-3/h4-8,13H2,1-3H3,(H,14,15,16). The Balaban J connectivity index is 2.68. The van der Waals surface area contributed by atoms with E-state index >= 15 is 0 Å². The van der Waals surface area contributed by atoms with Crippen LogP contribution in [0.1, 0.15) is 25.6 Å². The minimum Gasteiger partial charge on any atom is -0.476 e. The Morgan fingerprint density at radius 1 is 1.28 bits per heavy atom. The first-order valence-corrected chi connectivity index (χ1v) is 6.18. The van der Waals surface area contributed by atoms with E-state index in [4.69, 9.17) is 15.2 Å². The van der Waals surface area contributed by atoms with Gasteiger partial charge in [0, 0.05) is 20.3 Å². The first-order chi connectivity index (χ1) is 8.69. The van der Waals surface area contributed by atoms with Crippen LogP contribution in [0, 0.1) is 6.92 Å². The summed E-state index contributed by atoms with van der Waals surface area (Å²) < 4.78 is 10.5. The molecule has 0 fully saturated rings. The number of aryl methyl sites for hydroxylation is 1. The highest BCUT2D eigenvalue weighted by molar-refractivity contribution is 5.66. The fourth-order valence-electron chi connectivity index (χ4n) is 1.42. The summed E-state index contributed by atoms with van der Waals surface area (Å²) in [6.07, 6.45) is 1.81. The number of nitrogen functional groups attached to an aromatic ring is 1. The van der Waals surface area contributed by atoms with Gasteiger partial charge >= 0.3 is 0 Å². The lowest BCUT2D eigenvalue weighted by molar-refractivity contribution is 0.198. The lowest BCUT2D eigenvalue weighted by Crippen LogP contribution is -2.11. The van der Waals surface area contributed by atoms with Crippen molar-refractivity contribution in [3.05, 3.63) is 5.82 Å². The third-order valence-electron chi connectivity index (χ3n) is 2.28. The molecule has 0 atom stereocenters. The fourth-order valence-corrected chi connectivity index (χ4v) is 1.42. The second-order valence-electron chi connectivity index (χ2n) is 3.96. The zero-order chi connectivity index (χ0) is 13.4. The Labute approximate surface area is 108 Å². The van der Waals surface area contributed by atoms with E-state index in [1.165, 1.54) is 0 Å². The number of hydrogen-bond acceptors (Lipinski definition) is 6. The molecule has 0 saturated carbocycles. The topological polar surface area (TPSA) is 82.3 Å². The van der Waals surface area contributed by atoms with E-state index in [-0.39, 0.29) is 0 Å². The number of ether oxygens (including phenoxy) is 2. The average Bonchev–Trinajstić information content (AvgIpc) is 2.36. The molecule has 102 valence electrons. The van der Waals surface area contributed by atoms with Gasteiger partial charge in [-0.05, 0) is 19.8 Å². The Kier molecular flexibility index (Phi) is 6.21. The lowest BCUT2D eigenvalue weighted by Gasteiger charge is -2.12. The van der Waals surface area contributed by atoms with Crippen LogP contribution in [0.3, 0.4) is 0 Å². The maximum absolute atomic E-state index is 5.96. The van der Waals surface area contributed by atoms with Crippen LogP contribution in [0.2, 0.25) is 0 Å². The molecule has 6 heteroatoms. The highest BCUT2D eigenvalue weighted by atomic mass is 16.5. The number of methoxy groups -OCH3 is 1. The van der Waals surface area contributed by atoms with E-state index in [2.05, 4.69) is 15.3 Å². The summed E-state index contributed by atoms with van der Waals surface area (Å²) in [6, 6.07) is 0. The third kappa shape index (κ3) is 4.37. The number of rotatable bonds is 8. The minimum atomic E-state index is 0.457. The Hall–Kier alpha value is -1.56. The molecule has 0 aliphatic rings. The normalized spacial score (nSPS) is 10.4. The highest BCUT2D eigenvalue weighted by Crippen LogP contribution is 2.25. The van der Waals surface area contributed by atoms with Crippen LogP contribution in [0.25, 0.3) is 0 Å². The predicted octanol–water partition coefficient (Wildman–Crippen LogP) is 1.60. The van der Waals surface area contributed by atoms with E-state index in [0.29, 0.717) is 36.4 Å². The molecular formula is C12H22N4O2. The van der Waals surface area contributed by atoms with Crippen molar-refractivity contribution in [3.63, 3.8) is 0 Å². The van der Waals surface area contributed by atoms with Crippen molar-refractivity contribution in [1.29, 1.82) is 0 Å². The SMILES string of the molecule is CCCOc1nc(C)nc(NCCCOC)c1N. The third-order valence-corrected chi connectivity index (χ3v) is 2.28. The second kappa shape index (κ2) is 7.71. The first-order valence-electron chi connectivity index (χ1n) is 6.18. The molecule has 3 N–H and O–H groups in total. The fraction of sp³-hybridized carbons (Fsp3) is 0.667. The Morgan fingerprint density at radius 3 is 2.72 bits per heavy atom. The predicted molar refractivity (Wildman–Crippen MR) is 72.0 cm³/mol. The summed E-state index contributed by atoms with van der Waals surface area (Å²) in [5, 5.41) is 3.17. The minimum absolute atomic E-state index is 0.457. The molecule has 0 aliphatic heterocycles.